The first-order chi connectivity index (χ1) is 12.3. The lowest BCUT2D eigenvalue weighted by Crippen LogP contribution is -2.13. The lowest BCUT2D eigenvalue weighted by Gasteiger charge is -2.01. The minimum atomic E-state index is 0.995. The summed E-state index contributed by atoms with van der Waals surface area (Å²) in [6.45, 7) is 23.9. The lowest BCUT2D eigenvalue weighted by atomic mass is 10.2. The molecule has 0 aliphatic heterocycles. The first-order valence-electron chi connectivity index (χ1n) is 9.33. The number of nitrogens with two attached hydrogens (primary N) is 1. The van der Waals surface area contributed by atoms with Gasteiger partial charge in [-0.3, -0.25) is 0 Å². The Kier molecular flexibility index (Phi) is 47.2. The van der Waals surface area contributed by atoms with Crippen LogP contribution in [-0.4, -0.2) is 6.54 Å². The van der Waals surface area contributed by atoms with E-state index in [1.54, 1.807) is 0 Å². The van der Waals surface area contributed by atoms with E-state index in [0.717, 1.165) is 13.1 Å². The Bertz CT molecular complexity index is 303. The van der Waals surface area contributed by atoms with Crippen LogP contribution < -0.4 is 11.1 Å². The molecule has 0 radical (unpaired) electrons. The van der Waals surface area contributed by atoms with Crippen molar-refractivity contribution in [2.75, 3.05) is 6.54 Å². The highest BCUT2D eigenvalue weighted by Gasteiger charge is 1.87. The van der Waals surface area contributed by atoms with E-state index in [4.69, 9.17) is 0 Å². The zero-order chi connectivity index (χ0) is 20.2. The summed E-state index contributed by atoms with van der Waals surface area (Å²) in [6.07, 6.45) is 9.46. The van der Waals surface area contributed by atoms with Crippen LogP contribution in [-0.2, 0) is 6.54 Å². The van der Waals surface area contributed by atoms with Crippen molar-refractivity contribution in [1.82, 2.24) is 5.32 Å². The predicted molar refractivity (Wildman–Crippen MR) is 120 cm³/mol. The molecule has 3 N–H and O–H groups in total. The molecule has 0 saturated heterocycles. The molecule has 1 aromatic rings. The van der Waals surface area contributed by atoms with Gasteiger partial charge in [-0.25, -0.2) is 0 Å². The van der Waals surface area contributed by atoms with Crippen LogP contribution in [0, 0.1) is 0 Å². The van der Waals surface area contributed by atoms with Gasteiger partial charge in [0.2, 0.25) is 0 Å². The van der Waals surface area contributed by atoms with Gasteiger partial charge < -0.3 is 11.1 Å². The summed E-state index contributed by atoms with van der Waals surface area (Å²) >= 11 is 0. The largest absolute Gasteiger partial charge is 0.405 e. The number of rotatable bonds is 8. The fourth-order valence-electron chi connectivity index (χ4n) is 1.68. The molecule has 0 fully saturated rings. The smallest absolute Gasteiger partial charge is 0.0205 e. The molecule has 1 aromatic carbocycles. The third-order valence-electron chi connectivity index (χ3n) is 2.81. The Balaban J connectivity index is -0.000000136. The molecule has 0 saturated carbocycles. The maximum absolute atomic E-state index is 4.61. The summed E-state index contributed by atoms with van der Waals surface area (Å²) in [6, 6.07) is 10.5. The molecular formula is C23H44N2. The van der Waals surface area contributed by atoms with Crippen LogP contribution in [0.1, 0.15) is 64.9 Å². The van der Waals surface area contributed by atoms with E-state index in [9.17, 15) is 0 Å². The molecule has 0 heterocycles. The summed E-state index contributed by atoms with van der Waals surface area (Å²) in [5, 5.41) is 3.35. The van der Waals surface area contributed by atoms with E-state index in [0.29, 0.717) is 0 Å². The van der Waals surface area contributed by atoms with E-state index in [-0.39, 0.29) is 0 Å². The molecule has 0 bridgehead atoms. The molecule has 2 heteroatoms. The number of hydrogen-bond donors (Lipinski definition) is 2. The molecule has 0 aromatic heterocycles. The topological polar surface area (TPSA) is 38.0 Å². The van der Waals surface area contributed by atoms with Crippen LogP contribution in [0.2, 0.25) is 0 Å². The van der Waals surface area contributed by atoms with Gasteiger partial charge in [0, 0.05) is 6.54 Å². The van der Waals surface area contributed by atoms with Crippen LogP contribution in [0.15, 0.2) is 69.4 Å². The molecule has 0 unspecified atom stereocenters. The molecule has 146 valence electrons. The molecule has 25 heavy (non-hydrogen) atoms. The predicted octanol–water partition coefficient (Wildman–Crippen LogP) is 6.86. The molecule has 0 atom stereocenters. The average molecular weight is 349 g/mol. The van der Waals surface area contributed by atoms with E-state index >= 15 is 0 Å². The van der Waals surface area contributed by atoms with Crippen LogP contribution in [0.5, 0.6) is 0 Å². The average Bonchev–Trinajstić information content (AvgIpc) is 2.68. The van der Waals surface area contributed by atoms with Gasteiger partial charge in [-0.1, -0.05) is 89.8 Å². The fourth-order valence-corrected chi connectivity index (χ4v) is 1.68. The molecule has 2 nitrogen and oxygen atoms in total. The summed E-state index contributed by atoms with van der Waals surface area (Å²) in [4.78, 5) is 0. The maximum Gasteiger partial charge on any atom is 0.0205 e. The third kappa shape index (κ3) is 39.2. The quantitative estimate of drug-likeness (QED) is 0.398. The highest BCUT2D eigenvalue weighted by atomic mass is 14.8. The molecule has 0 spiro atoms. The minimum Gasteiger partial charge on any atom is -0.405 e. The van der Waals surface area contributed by atoms with Crippen molar-refractivity contribution in [3.8, 4) is 0 Å². The van der Waals surface area contributed by atoms with Crippen LogP contribution in [0.4, 0.5) is 0 Å². The van der Waals surface area contributed by atoms with Gasteiger partial charge in [-0.15, -0.1) is 26.3 Å². The normalized spacial score (nSPS) is 7.80. The van der Waals surface area contributed by atoms with Crippen LogP contribution in [0.25, 0.3) is 0 Å². The second kappa shape index (κ2) is 38.0. The second-order valence-electron chi connectivity index (χ2n) is 4.96. The van der Waals surface area contributed by atoms with Crippen LogP contribution >= 0.6 is 0 Å². The summed E-state index contributed by atoms with van der Waals surface area (Å²) in [5.74, 6) is 0. The van der Waals surface area contributed by atoms with E-state index in [1.165, 1.54) is 50.3 Å². The summed E-state index contributed by atoms with van der Waals surface area (Å²) in [7, 11) is 0. The van der Waals surface area contributed by atoms with Crippen molar-refractivity contribution in [2.45, 2.75) is 65.8 Å². The van der Waals surface area contributed by atoms with Gasteiger partial charge in [0.05, 0.1) is 0 Å². The van der Waals surface area contributed by atoms with Gasteiger partial charge in [0.15, 0.2) is 0 Å². The van der Waals surface area contributed by atoms with Crippen molar-refractivity contribution in [3.63, 3.8) is 0 Å². The Morgan fingerprint density at radius 3 is 1.64 bits per heavy atom. The first-order valence-corrected chi connectivity index (χ1v) is 9.33. The number of benzene rings is 1. The van der Waals surface area contributed by atoms with Crippen molar-refractivity contribution < 1.29 is 0 Å². The zero-order valence-corrected chi connectivity index (χ0v) is 17.2. The van der Waals surface area contributed by atoms with Gasteiger partial charge in [0.1, 0.15) is 0 Å². The van der Waals surface area contributed by atoms with E-state index < -0.39 is 0 Å². The Morgan fingerprint density at radius 1 is 0.840 bits per heavy atom. The first kappa shape index (κ1) is 31.0. The third-order valence-corrected chi connectivity index (χ3v) is 2.81. The number of nitrogens with one attached hydrogen (secondary N) is 1. The Morgan fingerprint density at radius 2 is 1.28 bits per heavy atom. The highest BCUT2D eigenvalue weighted by molar-refractivity contribution is 5.14. The van der Waals surface area contributed by atoms with Crippen molar-refractivity contribution >= 4 is 0 Å². The molecular weight excluding hydrogens is 304 g/mol. The highest BCUT2D eigenvalue weighted by Crippen LogP contribution is 2.00. The SMILES string of the molecule is C=C.C=C.C=CN.CCCCCCC.CCCNCc1ccccc1. The van der Waals surface area contributed by atoms with Crippen molar-refractivity contribution in [2.24, 2.45) is 5.73 Å². The lowest BCUT2D eigenvalue weighted by molar-refractivity contribution is 0.656. The van der Waals surface area contributed by atoms with E-state index in [2.05, 4.69) is 89.0 Å². The van der Waals surface area contributed by atoms with Crippen molar-refractivity contribution in [1.29, 1.82) is 0 Å². The Hall–Kier alpha value is -1.80. The minimum absolute atomic E-state index is 0.995. The molecule has 0 aliphatic carbocycles. The maximum atomic E-state index is 4.61. The van der Waals surface area contributed by atoms with Gasteiger partial charge in [-0.2, -0.15) is 0 Å². The number of unbranched alkanes of at least 4 members (excludes halogenated alkanes) is 4. The summed E-state index contributed by atoms with van der Waals surface area (Å²) in [5.41, 5.74) is 5.97. The van der Waals surface area contributed by atoms with Crippen LogP contribution in [0.3, 0.4) is 0 Å². The van der Waals surface area contributed by atoms with E-state index in [1.807, 2.05) is 6.07 Å². The zero-order valence-electron chi connectivity index (χ0n) is 17.2. The Labute approximate surface area is 158 Å². The molecule has 1 rings (SSSR count). The standard InChI is InChI=1S/C10H15N.C7H16.C2H5N.2C2H4/c1-2-8-11-9-10-6-4-3-5-7-10;1-3-5-7-6-4-2;1-2-3;2*1-2/h3-7,11H,2,8-9H2,1H3;3-7H2,1-2H3;2H,1,3H2;2*1-2H2. The number of hydrogen-bond acceptors (Lipinski definition) is 2. The van der Waals surface area contributed by atoms with Crippen molar-refractivity contribution in [3.05, 3.63) is 75.0 Å². The molecule has 0 aliphatic rings. The molecule has 0 amide bonds. The summed E-state index contributed by atoms with van der Waals surface area (Å²) < 4.78 is 0. The second-order valence-corrected chi connectivity index (χ2v) is 4.96. The van der Waals surface area contributed by atoms with Gasteiger partial charge in [-0.05, 0) is 24.7 Å². The fraction of sp³-hybridized carbons (Fsp3) is 0.478. The van der Waals surface area contributed by atoms with Gasteiger partial charge >= 0.3 is 0 Å². The monoisotopic (exact) mass is 348 g/mol. The van der Waals surface area contributed by atoms with Gasteiger partial charge in [0.25, 0.3) is 0 Å².